The number of furan rings is 1. The molecule has 138 valence electrons. The van der Waals surface area contributed by atoms with Crippen molar-refractivity contribution in [2.75, 3.05) is 19.6 Å². The molecule has 3 rings (SSSR count). The van der Waals surface area contributed by atoms with E-state index in [2.05, 4.69) is 5.32 Å². The molecule has 0 bridgehead atoms. The van der Waals surface area contributed by atoms with Crippen molar-refractivity contribution >= 4 is 11.8 Å². The predicted molar refractivity (Wildman–Crippen MR) is 96.0 cm³/mol. The summed E-state index contributed by atoms with van der Waals surface area (Å²) in [6.45, 7) is 3.72. The Morgan fingerprint density at radius 1 is 1.19 bits per heavy atom. The summed E-state index contributed by atoms with van der Waals surface area (Å²) in [5.41, 5.74) is 0.331. The van der Waals surface area contributed by atoms with Gasteiger partial charge in [0, 0.05) is 25.6 Å². The van der Waals surface area contributed by atoms with E-state index in [0.717, 1.165) is 6.42 Å². The van der Waals surface area contributed by atoms with Crippen LogP contribution >= 0.6 is 0 Å². The number of carbonyl (C=O) groups excluding carboxylic acids is 2. The summed E-state index contributed by atoms with van der Waals surface area (Å²) in [6.07, 6.45) is 2.19. The number of benzene rings is 1. The van der Waals surface area contributed by atoms with Crippen LogP contribution in [0.25, 0.3) is 11.3 Å². The van der Waals surface area contributed by atoms with Crippen LogP contribution in [0.1, 0.15) is 36.7 Å². The summed E-state index contributed by atoms with van der Waals surface area (Å²) < 4.78 is 19.4. The largest absolute Gasteiger partial charge is 0.451 e. The molecule has 0 saturated carbocycles. The predicted octanol–water partition coefficient (Wildman–Crippen LogP) is 3.46. The van der Waals surface area contributed by atoms with Crippen LogP contribution in [0.3, 0.4) is 0 Å². The molecule has 0 radical (unpaired) electrons. The van der Waals surface area contributed by atoms with Gasteiger partial charge in [0.25, 0.3) is 5.91 Å². The highest BCUT2D eigenvalue weighted by atomic mass is 19.1. The minimum Gasteiger partial charge on any atom is -0.451 e. The molecule has 0 atom stereocenters. The van der Waals surface area contributed by atoms with Gasteiger partial charge in [0.15, 0.2) is 5.76 Å². The molecule has 0 unspecified atom stereocenters. The lowest BCUT2D eigenvalue weighted by Crippen LogP contribution is -2.43. The van der Waals surface area contributed by atoms with Gasteiger partial charge in [-0.2, -0.15) is 0 Å². The lowest BCUT2D eigenvalue weighted by atomic mass is 9.95. The van der Waals surface area contributed by atoms with E-state index in [9.17, 15) is 14.0 Å². The van der Waals surface area contributed by atoms with Crippen molar-refractivity contribution in [3.05, 3.63) is 48.0 Å². The molecule has 6 heteroatoms. The van der Waals surface area contributed by atoms with Gasteiger partial charge in [-0.15, -0.1) is 0 Å². The van der Waals surface area contributed by atoms with Crippen molar-refractivity contribution in [1.29, 1.82) is 0 Å². The van der Waals surface area contributed by atoms with Crippen molar-refractivity contribution in [2.45, 2.75) is 26.2 Å². The second-order valence-corrected chi connectivity index (χ2v) is 6.50. The maximum Gasteiger partial charge on any atom is 0.289 e. The van der Waals surface area contributed by atoms with Crippen molar-refractivity contribution in [3.8, 4) is 11.3 Å². The molecule has 1 aromatic carbocycles. The van der Waals surface area contributed by atoms with E-state index >= 15 is 0 Å². The Labute approximate surface area is 152 Å². The molecule has 1 aliphatic heterocycles. The average molecular weight is 358 g/mol. The van der Waals surface area contributed by atoms with E-state index in [4.69, 9.17) is 4.42 Å². The number of piperidine rings is 1. The van der Waals surface area contributed by atoms with Crippen LogP contribution in [0.2, 0.25) is 0 Å². The maximum atomic E-state index is 13.9. The number of carbonyl (C=O) groups is 2. The number of nitrogens with zero attached hydrogens (tertiary/aromatic N) is 1. The summed E-state index contributed by atoms with van der Waals surface area (Å²) in [5, 5.41) is 2.91. The van der Waals surface area contributed by atoms with E-state index in [-0.39, 0.29) is 29.3 Å². The van der Waals surface area contributed by atoms with Gasteiger partial charge in [-0.05, 0) is 43.5 Å². The third kappa shape index (κ3) is 3.95. The van der Waals surface area contributed by atoms with Crippen molar-refractivity contribution < 1.29 is 18.4 Å². The third-order valence-electron chi connectivity index (χ3n) is 4.66. The van der Waals surface area contributed by atoms with E-state index in [1.54, 1.807) is 35.2 Å². The molecule has 26 heavy (non-hydrogen) atoms. The lowest BCUT2D eigenvalue weighted by molar-refractivity contribution is -0.126. The molecule has 1 aromatic heterocycles. The molecular formula is C20H23FN2O3. The second-order valence-electron chi connectivity index (χ2n) is 6.50. The molecular weight excluding hydrogens is 335 g/mol. The molecule has 2 heterocycles. The fourth-order valence-corrected chi connectivity index (χ4v) is 3.15. The smallest absolute Gasteiger partial charge is 0.289 e. The fourth-order valence-electron chi connectivity index (χ4n) is 3.15. The zero-order valence-corrected chi connectivity index (χ0v) is 14.8. The van der Waals surface area contributed by atoms with Gasteiger partial charge < -0.3 is 14.6 Å². The normalized spacial score (nSPS) is 15.1. The number of hydrogen-bond donors (Lipinski definition) is 1. The number of rotatable bonds is 5. The van der Waals surface area contributed by atoms with Gasteiger partial charge in [-0.1, -0.05) is 19.1 Å². The minimum atomic E-state index is -0.389. The van der Waals surface area contributed by atoms with Crippen molar-refractivity contribution in [1.82, 2.24) is 10.2 Å². The van der Waals surface area contributed by atoms with Crippen LogP contribution in [0.4, 0.5) is 4.39 Å². The number of likely N-dealkylation sites (tertiary alicyclic amines) is 1. The lowest BCUT2D eigenvalue weighted by Gasteiger charge is -2.30. The Bertz CT molecular complexity index is 779. The Hall–Kier alpha value is -2.63. The van der Waals surface area contributed by atoms with Gasteiger partial charge in [0.1, 0.15) is 11.6 Å². The zero-order valence-electron chi connectivity index (χ0n) is 14.8. The highest BCUT2D eigenvalue weighted by Crippen LogP contribution is 2.26. The van der Waals surface area contributed by atoms with Crippen LogP contribution in [0, 0.1) is 11.7 Å². The van der Waals surface area contributed by atoms with Crippen LogP contribution in [-0.2, 0) is 4.79 Å². The van der Waals surface area contributed by atoms with Crippen LogP contribution in [0.5, 0.6) is 0 Å². The number of nitrogens with one attached hydrogen (secondary N) is 1. The third-order valence-corrected chi connectivity index (χ3v) is 4.66. The molecule has 5 nitrogen and oxygen atoms in total. The number of halogens is 1. The molecule has 2 amide bonds. The summed E-state index contributed by atoms with van der Waals surface area (Å²) in [4.78, 5) is 26.3. The number of hydrogen-bond acceptors (Lipinski definition) is 3. The van der Waals surface area contributed by atoms with Crippen LogP contribution in [0.15, 0.2) is 40.8 Å². The highest BCUT2D eigenvalue weighted by molar-refractivity contribution is 5.92. The molecule has 1 saturated heterocycles. The molecule has 1 N–H and O–H groups in total. The quantitative estimate of drug-likeness (QED) is 0.890. The monoisotopic (exact) mass is 358 g/mol. The zero-order chi connectivity index (χ0) is 18.5. The van der Waals surface area contributed by atoms with Gasteiger partial charge in [-0.25, -0.2) is 4.39 Å². The van der Waals surface area contributed by atoms with E-state index in [0.29, 0.717) is 43.8 Å². The topological polar surface area (TPSA) is 62.6 Å². The molecule has 2 aromatic rings. The Kier molecular flexibility index (Phi) is 5.71. The van der Waals surface area contributed by atoms with Gasteiger partial charge >= 0.3 is 0 Å². The first-order valence-corrected chi connectivity index (χ1v) is 9.02. The highest BCUT2D eigenvalue weighted by Gasteiger charge is 2.29. The minimum absolute atomic E-state index is 0.0452. The fraction of sp³-hybridized carbons (Fsp3) is 0.400. The molecule has 0 spiro atoms. The molecule has 0 aliphatic carbocycles. The SMILES string of the molecule is CCCNC(=O)C1CCN(C(=O)c2ccc(-c3ccccc3F)o2)CC1. The van der Waals surface area contributed by atoms with Crippen LogP contribution in [-0.4, -0.2) is 36.3 Å². The number of amides is 2. The molecule has 1 fully saturated rings. The van der Waals surface area contributed by atoms with Gasteiger partial charge in [0.05, 0.1) is 5.56 Å². The Balaban J connectivity index is 1.61. The van der Waals surface area contributed by atoms with Gasteiger partial charge in [-0.3, -0.25) is 9.59 Å². The first-order valence-electron chi connectivity index (χ1n) is 9.02. The van der Waals surface area contributed by atoms with Crippen molar-refractivity contribution in [2.24, 2.45) is 5.92 Å². The summed E-state index contributed by atoms with van der Waals surface area (Å²) in [5.74, 6) is -0.0628. The Morgan fingerprint density at radius 2 is 1.92 bits per heavy atom. The van der Waals surface area contributed by atoms with Crippen molar-refractivity contribution in [3.63, 3.8) is 0 Å². The van der Waals surface area contributed by atoms with Gasteiger partial charge in [0.2, 0.25) is 5.91 Å². The molecule has 1 aliphatic rings. The second kappa shape index (κ2) is 8.17. The first kappa shape index (κ1) is 18.2. The summed E-state index contributed by atoms with van der Waals surface area (Å²) in [6, 6.07) is 9.47. The van der Waals surface area contributed by atoms with E-state index in [1.807, 2.05) is 6.92 Å². The standard InChI is InChI=1S/C20H23FN2O3/c1-2-11-22-19(24)14-9-12-23(13-10-14)20(25)18-8-7-17(26-18)15-5-3-4-6-16(15)21/h3-8,14H,2,9-13H2,1H3,(H,22,24). The first-order chi connectivity index (χ1) is 12.6. The average Bonchev–Trinajstić information content (AvgIpc) is 3.16. The Morgan fingerprint density at radius 3 is 2.62 bits per heavy atom. The van der Waals surface area contributed by atoms with E-state index < -0.39 is 0 Å². The summed E-state index contributed by atoms with van der Waals surface area (Å²) in [7, 11) is 0. The summed E-state index contributed by atoms with van der Waals surface area (Å²) >= 11 is 0. The maximum absolute atomic E-state index is 13.9. The van der Waals surface area contributed by atoms with Crippen LogP contribution < -0.4 is 5.32 Å². The van der Waals surface area contributed by atoms with E-state index in [1.165, 1.54) is 6.07 Å².